The van der Waals surface area contributed by atoms with Crippen LogP contribution in [0.5, 0.6) is 0 Å². The smallest absolute Gasteiger partial charge is 0.311 e. The maximum Gasteiger partial charge on any atom is 0.311 e. The van der Waals surface area contributed by atoms with Gasteiger partial charge in [-0.2, -0.15) is 0 Å². The summed E-state index contributed by atoms with van der Waals surface area (Å²) in [5, 5.41) is 11.1. The highest BCUT2D eigenvalue weighted by Gasteiger charge is 2.22. The normalized spacial score (nSPS) is 14.8. The zero-order valence-corrected chi connectivity index (χ0v) is 13.3. The first-order valence-corrected chi connectivity index (χ1v) is 7.99. The third-order valence-corrected chi connectivity index (χ3v) is 4.09. The molecule has 0 saturated carbocycles. The molecule has 2 aromatic rings. The van der Waals surface area contributed by atoms with Crippen molar-refractivity contribution in [3.05, 3.63) is 82.1 Å². The first-order chi connectivity index (χ1) is 11.7. The molecule has 2 heterocycles. The lowest BCUT2D eigenvalue weighted by Crippen LogP contribution is -2.31. The Morgan fingerprint density at radius 1 is 1.08 bits per heavy atom. The molecule has 0 radical (unpaired) electrons. The maximum atomic E-state index is 11.1. The van der Waals surface area contributed by atoms with Gasteiger partial charge in [0.15, 0.2) is 0 Å². The summed E-state index contributed by atoms with van der Waals surface area (Å²) >= 11 is 0. The lowest BCUT2D eigenvalue weighted by Gasteiger charge is -2.28. The molecule has 1 aromatic heterocycles. The van der Waals surface area contributed by atoms with Gasteiger partial charge < -0.3 is 4.90 Å². The topological polar surface area (TPSA) is 59.3 Å². The first-order valence-electron chi connectivity index (χ1n) is 7.99. The van der Waals surface area contributed by atoms with E-state index in [2.05, 4.69) is 35.3 Å². The van der Waals surface area contributed by atoms with E-state index in [4.69, 9.17) is 0 Å². The van der Waals surface area contributed by atoms with Gasteiger partial charge in [-0.3, -0.25) is 10.1 Å². The van der Waals surface area contributed by atoms with Crippen LogP contribution < -0.4 is 4.90 Å². The number of aromatic nitrogens is 1. The van der Waals surface area contributed by atoms with Crippen LogP contribution in [-0.4, -0.2) is 23.0 Å². The molecule has 3 rings (SSSR count). The van der Waals surface area contributed by atoms with Crippen LogP contribution in [-0.2, 0) is 0 Å². The zero-order chi connectivity index (χ0) is 16.8. The van der Waals surface area contributed by atoms with Crippen LogP contribution in [0.4, 0.5) is 11.5 Å². The highest BCUT2D eigenvalue weighted by molar-refractivity contribution is 5.58. The van der Waals surface area contributed by atoms with Crippen molar-refractivity contribution in [1.82, 2.24) is 4.98 Å². The Hall–Kier alpha value is -2.95. The Balaban J connectivity index is 1.63. The summed E-state index contributed by atoms with van der Waals surface area (Å²) in [5.74, 6) is 0.473. The van der Waals surface area contributed by atoms with E-state index in [1.807, 2.05) is 23.1 Å². The van der Waals surface area contributed by atoms with E-state index in [1.54, 1.807) is 12.3 Å². The van der Waals surface area contributed by atoms with Gasteiger partial charge in [-0.05, 0) is 24.5 Å². The molecular formula is C19H19N3O2. The van der Waals surface area contributed by atoms with Crippen LogP contribution in [0.3, 0.4) is 0 Å². The summed E-state index contributed by atoms with van der Waals surface area (Å²) in [4.78, 5) is 17.0. The average molecular weight is 321 g/mol. The quantitative estimate of drug-likeness (QED) is 0.624. The number of anilines is 1. The highest BCUT2D eigenvalue weighted by Crippen LogP contribution is 2.28. The molecule has 5 nitrogen and oxygen atoms in total. The molecule has 0 bridgehead atoms. The number of hydrogen-bond donors (Lipinski definition) is 0. The SMILES string of the molecule is O=[N+]([O-])c1cccnc1N1CCC(=CC=Cc2ccccc2)CC1. The number of allylic oxidation sites excluding steroid dienone is 2. The van der Waals surface area contributed by atoms with Crippen molar-refractivity contribution >= 4 is 17.6 Å². The first kappa shape index (κ1) is 15.9. The van der Waals surface area contributed by atoms with Crippen molar-refractivity contribution in [2.24, 2.45) is 0 Å². The number of nitro groups is 1. The minimum Gasteiger partial charge on any atom is -0.350 e. The highest BCUT2D eigenvalue weighted by atomic mass is 16.6. The predicted molar refractivity (Wildman–Crippen MR) is 95.9 cm³/mol. The van der Waals surface area contributed by atoms with E-state index in [0.717, 1.165) is 25.9 Å². The second-order valence-corrected chi connectivity index (χ2v) is 5.69. The number of benzene rings is 1. The van der Waals surface area contributed by atoms with E-state index >= 15 is 0 Å². The second kappa shape index (κ2) is 7.55. The molecule has 1 aromatic carbocycles. The minimum atomic E-state index is -0.365. The van der Waals surface area contributed by atoms with E-state index in [1.165, 1.54) is 17.2 Å². The number of hydrogen-bond acceptors (Lipinski definition) is 4. The van der Waals surface area contributed by atoms with Crippen LogP contribution in [0.15, 0.2) is 66.4 Å². The number of pyridine rings is 1. The van der Waals surface area contributed by atoms with Gasteiger partial charge in [-0.1, -0.05) is 54.1 Å². The molecule has 1 aliphatic heterocycles. The molecule has 24 heavy (non-hydrogen) atoms. The Bertz CT molecular complexity index is 759. The summed E-state index contributed by atoms with van der Waals surface area (Å²) in [6.07, 6.45) is 9.71. The Kier molecular flexibility index (Phi) is 5.01. The van der Waals surface area contributed by atoms with Gasteiger partial charge in [0.1, 0.15) is 0 Å². The lowest BCUT2D eigenvalue weighted by molar-refractivity contribution is -0.384. The van der Waals surface area contributed by atoms with Crippen molar-refractivity contribution in [3.8, 4) is 0 Å². The van der Waals surface area contributed by atoms with Crippen molar-refractivity contribution in [1.29, 1.82) is 0 Å². The summed E-state index contributed by atoms with van der Waals surface area (Å²) in [6, 6.07) is 13.3. The van der Waals surface area contributed by atoms with E-state index < -0.39 is 0 Å². The molecule has 1 fully saturated rings. The van der Waals surface area contributed by atoms with Gasteiger partial charge in [-0.15, -0.1) is 0 Å². The molecule has 5 heteroatoms. The third-order valence-electron chi connectivity index (χ3n) is 4.09. The van der Waals surface area contributed by atoms with Crippen LogP contribution in [0.1, 0.15) is 18.4 Å². The Morgan fingerprint density at radius 3 is 2.54 bits per heavy atom. The second-order valence-electron chi connectivity index (χ2n) is 5.69. The van der Waals surface area contributed by atoms with Crippen molar-refractivity contribution in [2.45, 2.75) is 12.8 Å². The Labute approximate surface area is 141 Å². The maximum absolute atomic E-state index is 11.1. The molecule has 0 N–H and O–H groups in total. The fraction of sp³-hybridized carbons (Fsp3) is 0.211. The molecular weight excluding hydrogens is 302 g/mol. The van der Waals surface area contributed by atoms with Gasteiger partial charge in [0.2, 0.25) is 5.82 Å². The summed E-state index contributed by atoms with van der Waals surface area (Å²) in [6.45, 7) is 1.51. The number of rotatable bonds is 4. The molecule has 122 valence electrons. The third kappa shape index (κ3) is 3.87. The van der Waals surface area contributed by atoms with Crippen LogP contribution >= 0.6 is 0 Å². The zero-order valence-electron chi connectivity index (χ0n) is 13.3. The van der Waals surface area contributed by atoms with Crippen LogP contribution in [0.2, 0.25) is 0 Å². The standard InChI is InChI=1S/C19H19N3O2/c23-22(24)18-10-5-13-20-19(18)21-14-11-17(12-15-21)9-4-8-16-6-2-1-3-7-16/h1-10,13H,11-12,14-15H2. The van der Waals surface area contributed by atoms with Gasteiger partial charge in [0.05, 0.1) is 4.92 Å². The van der Waals surface area contributed by atoms with Gasteiger partial charge in [0.25, 0.3) is 0 Å². The van der Waals surface area contributed by atoms with Gasteiger partial charge >= 0.3 is 5.69 Å². The molecule has 0 atom stereocenters. The van der Waals surface area contributed by atoms with E-state index in [0.29, 0.717) is 5.82 Å². The predicted octanol–water partition coefficient (Wildman–Crippen LogP) is 4.23. The van der Waals surface area contributed by atoms with E-state index in [-0.39, 0.29) is 10.6 Å². The van der Waals surface area contributed by atoms with Gasteiger partial charge in [-0.25, -0.2) is 4.98 Å². The number of piperidine rings is 1. The lowest BCUT2D eigenvalue weighted by atomic mass is 10.0. The molecule has 1 saturated heterocycles. The summed E-state index contributed by atoms with van der Waals surface area (Å²) < 4.78 is 0. The van der Waals surface area contributed by atoms with Crippen LogP contribution in [0.25, 0.3) is 6.08 Å². The largest absolute Gasteiger partial charge is 0.350 e. The minimum absolute atomic E-state index is 0.0777. The summed E-state index contributed by atoms with van der Waals surface area (Å²) in [7, 11) is 0. The van der Waals surface area contributed by atoms with Crippen molar-refractivity contribution in [2.75, 3.05) is 18.0 Å². The number of nitrogens with zero attached hydrogens (tertiary/aromatic N) is 3. The van der Waals surface area contributed by atoms with E-state index in [9.17, 15) is 10.1 Å². The molecule has 0 spiro atoms. The molecule has 0 unspecified atom stereocenters. The monoisotopic (exact) mass is 321 g/mol. The molecule has 0 aliphatic carbocycles. The van der Waals surface area contributed by atoms with Crippen molar-refractivity contribution in [3.63, 3.8) is 0 Å². The fourth-order valence-electron chi connectivity index (χ4n) is 2.81. The van der Waals surface area contributed by atoms with Gasteiger partial charge in [0, 0.05) is 25.4 Å². The average Bonchev–Trinajstić information content (AvgIpc) is 2.63. The summed E-state index contributed by atoms with van der Waals surface area (Å²) in [5.41, 5.74) is 2.61. The Morgan fingerprint density at radius 2 is 1.83 bits per heavy atom. The van der Waals surface area contributed by atoms with Crippen molar-refractivity contribution < 1.29 is 4.92 Å². The van der Waals surface area contributed by atoms with Crippen LogP contribution in [0, 0.1) is 10.1 Å². The fourth-order valence-corrected chi connectivity index (χ4v) is 2.81. The molecule has 1 aliphatic rings. The molecule has 0 amide bonds.